The van der Waals surface area contributed by atoms with Crippen molar-refractivity contribution in [3.05, 3.63) is 64.5 Å². The summed E-state index contributed by atoms with van der Waals surface area (Å²) in [6.07, 6.45) is 16.7. The Labute approximate surface area is 248 Å². The molecule has 2 aromatic heterocycles. The molecule has 4 unspecified atom stereocenters. The van der Waals surface area contributed by atoms with Gasteiger partial charge in [-0.2, -0.15) is 5.21 Å². The first kappa shape index (κ1) is 29.9. The van der Waals surface area contributed by atoms with Gasteiger partial charge in [-0.15, -0.1) is 10.2 Å². The summed E-state index contributed by atoms with van der Waals surface area (Å²) in [6.45, 7) is 8.87. The maximum atomic E-state index is 14.6. The number of unbranched alkanes of at least 4 members (excludes halogenated alkanes) is 1. The smallest absolute Gasteiger partial charge is 0.300 e. The van der Waals surface area contributed by atoms with E-state index in [1.54, 1.807) is 6.92 Å². The normalized spacial score (nSPS) is 24.5. The molecule has 3 heterocycles. The number of aromatic nitrogens is 6. The van der Waals surface area contributed by atoms with E-state index in [1.807, 2.05) is 33.7 Å². The van der Waals surface area contributed by atoms with Crippen LogP contribution in [-0.4, -0.2) is 41.8 Å². The molecule has 5 rings (SSSR count). The van der Waals surface area contributed by atoms with Gasteiger partial charge < -0.3 is 0 Å². The van der Waals surface area contributed by atoms with Gasteiger partial charge in [-0.1, -0.05) is 70.7 Å². The number of H-pyrrole nitrogens is 1. The lowest BCUT2D eigenvalue weighted by Crippen LogP contribution is -2.42. The first-order valence-electron chi connectivity index (χ1n) is 15.7. The van der Waals surface area contributed by atoms with E-state index >= 15 is 0 Å². The molecule has 1 aliphatic carbocycles. The van der Waals surface area contributed by atoms with Crippen LogP contribution in [0.3, 0.4) is 0 Å². The fraction of sp³-hybridized carbons (Fsp3) is 0.576. The van der Waals surface area contributed by atoms with Gasteiger partial charge in [0.05, 0.1) is 6.04 Å². The van der Waals surface area contributed by atoms with Gasteiger partial charge >= 0.3 is 5.69 Å². The van der Waals surface area contributed by atoms with Crippen molar-refractivity contribution in [1.29, 1.82) is 0 Å². The maximum absolute atomic E-state index is 14.6. The summed E-state index contributed by atoms with van der Waals surface area (Å²) in [4.78, 5) is 32.1. The first-order valence-corrected chi connectivity index (χ1v) is 15.7. The molecule has 2 aliphatic rings. The van der Waals surface area contributed by atoms with Gasteiger partial charge in [0.15, 0.2) is 0 Å². The number of aromatic amines is 1. The number of hydrogen-bond donors (Lipinski definition) is 1. The molecule has 0 bridgehead atoms. The number of allylic oxidation sites excluding steroid dienone is 1. The molecule has 1 saturated carbocycles. The lowest BCUT2D eigenvalue weighted by atomic mass is 9.73. The van der Waals surface area contributed by atoms with Crippen LogP contribution >= 0.6 is 0 Å². The highest BCUT2D eigenvalue weighted by molar-refractivity contribution is 5.78. The van der Waals surface area contributed by atoms with E-state index in [0.717, 1.165) is 68.2 Å². The Hall–Kier alpha value is -3.62. The number of tetrazole rings is 1. The molecule has 3 aromatic rings. The third-order valence-electron chi connectivity index (χ3n) is 9.50. The summed E-state index contributed by atoms with van der Waals surface area (Å²) >= 11 is 0. The SMILES string of the molecule is CCCCc1cn(C2C(C(C)=O)CCCCCC2C(C)C)c(=O)n1CC1(c2cccc(-c3nn[nH]n3)c2)C=CN=CC1. The number of rotatable bonds is 10. The highest BCUT2D eigenvalue weighted by atomic mass is 16.2. The number of carbonyl (C=O) groups excluding carboxylic acids is 1. The third-order valence-corrected chi connectivity index (χ3v) is 9.50. The Bertz CT molecular complexity index is 1470. The van der Waals surface area contributed by atoms with Crippen LogP contribution in [-0.2, 0) is 23.2 Å². The zero-order valence-electron chi connectivity index (χ0n) is 25.5. The molecule has 9 heteroatoms. The van der Waals surface area contributed by atoms with E-state index in [0.29, 0.717) is 24.7 Å². The predicted octanol–water partition coefficient (Wildman–Crippen LogP) is 6.08. The van der Waals surface area contributed by atoms with Crippen molar-refractivity contribution in [3.8, 4) is 11.4 Å². The minimum atomic E-state index is -0.475. The van der Waals surface area contributed by atoms with Crippen LogP contribution in [0.1, 0.15) is 96.4 Å². The fourth-order valence-electron chi connectivity index (χ4n) is 7.11. The molecule has 0 saturated heterocycles. The summed E-state index contributed by atoms with van der Waals surface area (Å²) in [5.74, 6) is 1.23. The quantitative estimate of drug-likeness (QED) is 0.317. The summed E-state index contributed by atoms with van der Waals surface area (Å²) in [5.41, 5.74) is 2.50. The average Bonchev–Trinajstić information content (AvgIpc) is 3.61. The number of aliphatic imine (C=N–C) groups is 1. The Balaban J connectivity index is 1.62. The number of ketones is 1. The minimum absolute atomic E-state index is 0.00631. The van der Waals surface area contributed by atoms with Gasteiger partial charge in [-0.25, -0.2) is 4.79 Å². The van der Waals surface area contributed by atoms with E-state index in [1.165, 1.54) is 0 Å². The van der Waals surface area contributed by atoms with E-state index < -0.39 is 5.41 Å². The number of benzene rings is 1. The Morgan fingerprint density at radius 1 is 1.19 bits per heavy atom. The van der Waals surface area contributed by atoms with E-state index in [-0.39, 0.29) is 29.4 Å². The van der Waals surface area contributed by atoms with Crippen molar-refractivity contribution in [2.24, 2.45) is 22.7 Å². The van der Waals surface area contributed by atoms with E-state index in [4.69, 9.17) is 0 Å². The second-order valence-corrected chi connectivity index (χ2v) is 12.6. The van der Waals surface area contributed by atoms with E-state index in [9.17, 15) is 9.59 Å². The Kier molecular flexibility index (Phi) is 9.34. The molecule has 1 fully saturated rings. The molecule has 0 radical (unpaired) electrons. The minimum Gasteiger partial charge on any atom is -0.300 e. The number of imidazole rings is 1. The highest BCUT2D eigenvalue weighted by Gasteiger charge is 2.39. The van der Waals surface area contributed by atoms with Crippen LogP contribution in [0.4, 0.5) is 0 Å². The van der Waals surface area contributed by atoms with Gasteiger partial charge in [0.25, 0.3) is 0 Å². The predicted molar refractivity (Wildman–Crippen MR) is 165 cm³/mol. The molecule has 0 spiro atoms. The van der Waals surface area contributed by atoms with Crippen LogP contribution < -0.4 is 5.69 Å². The second kappa shape index (κ2) is 13.1. The van der Waals surface area contributed by atoms with Crippen LogP contribution in [0.15, 0.2) is 52.5 Å². The largest absolute Gasteiger partial charge is 0.328 e. The molecule has 42 heavy (non-hydrogen) atoms. The summed E-state index contributed by atoms with van der Waals surface area (Å²) in [7, 11) is 0. The number of nitrogens with one attached hydrogen (secondary N) is 1. The van der Waals surface area contributed by atoms with Crippen molar-refractivity contribution >= 4 is 12.0 Å². The number of Topliss-reactive ketones (excluding diaryl/α,β-unsaturated/α-hetero) is 1. The van der Waals surface area contributed by atoms with Crippen molar-refractivity contribution < 1.29 is 4.79 Å². The van der Waals surface area contributed by atoms with Crippen LogP contribution in [0.5, 0.6) is 0 Å². The first-order chi connectivity index (χ1) is 20.3. The number of nitrogens with zero attached hydrogens (tertiary/aromatic N) is 6. The zero-order valence-corrected chi connectivity index (χ0v) is 25.5. The summed E-state index contributed by atoms with van der Waals surface area (Å²) in [6, 6.07) is 8.06. The van der Waals surface area contributed by atoms with Crippen molar-refractivity contribution in [2.75, 3.05) is 0 Å². The Morgan fingerprint density at radius 2 is 2.02 bits per heavy atom. The van der Waals surface area contributed by atoms with Gasteiger partial charge in [0, 0.05) is 47.7 Å². The number of hydrogen-bond acceptors (Lipinski definition) is 6. The van der Waals surface area contributed by atoms with Crippen LogP contribution in [0.25, 0.3) is 11.4 Å². The molecule has 224 valence electrons. The molecule has 1 aromatic carbocycles. The summed E-state index contributed by atoms with van der Waals surface area (Å²) < 4.78 is 3.96. The zero-order chi connectivity index (χ0) is 29.7. The van der Waals surface area contributed by atoms with Gasteiger partial charge in [0.2, 0.25) is 5.82 Å². The highest BCUT2D eigenvalue weighted by Crippen LogP contribution is 2.41. The summed E-state index contributed by atoms with van der Waals surface area (Å²) in [5, 5.41) is 14.6. The maximum Gasteiger partial charge on any atom is 0.328 e. The molecular weight excluding hydrogens is 526 g/mol. The molecule has 9 nitrogen and oxygen atoms in total. The van der Waals surface area contributed by atoms with Crippen molar-refractivity contribution in [1.82, 2.24) is 29.8 Å². The van der Waals surface area contributed by atoms with Gasteiger partial charge in [-0.05, 0) is 67.7 Å². The second-order valence-electron chi connectivity index (χ2n) is 12.6. The third kappa shape index (κ3) is 6.10. The lowest BCUT2D eigenvalue weighted by Gasteiger charge is -2.37. The molecule has 4 atom stereocenters. The molecular formula is C33H45N7O2. The Morgan fingerprint density at radius 3 is 2.71 bits per heavy atom. The fourth-order valence-corrected chi connectivity index (χ4v) is 7.11. The molecule has 1 N–H and O–H groups in total. The number of aryl methyl sites for hydroxylation is 1. The topological polar surface area (TPSA) is 111 Å². The monoisotopic (exact) mass is 571 g/mol. The average molecular weight is 572 g/mol. The standard InChI is InChI=1S/C33H45N7O2/c1-5-6-13-27-21-39(30-28(23(2)3)14-8-7-9-15-29(30)24(4)41)32(42)40(27)22-33(16-18-34-19-17-33)26-12-10-11-25(20-26)31-35-37-38-36-31/h10-12,16,18-21,23,28-30H,5-9,13-15,17,22H2,1-4H3,(H,35,36,37,38). The van der Waals surface area contributed by atoms with Gasteiger partial charge in [0.1, 0.15) is 5.78 Å². The number of carbonyl (C=O) groups is 1. The molecule has 0 amide bonds. The molecule has 1 aliphatic heterocycles. The van der Waals surface area contributed by atoms with E-state index in [2.05, 4.69) is 70.8 Å². The van der Waals surface area contributed by atoms with Crippen molar-refractivity contribution in [2.45, 2.75) is 103 Å². The van der Waals surface area contributed by atoms with Crippen molar-refractivity contribution in [3.63, 3.8) is 0 Å². The van der Waals surface area contributed by atoms with Crippen LogP contribution in [0, 0.1) is 17.8 Å². The van der Waals surface area contributed by atoms with Gasteiger partial charge in [-0.3, -0.25) is 18.9 Å². The van der Waals surface area contributed by atoms with Crippen LogP contribution in [0.2, 0.25) is 0 Å². The lowest BCUT2D eigenvalue weighted by molar-refractivity contribution is -0.123.